The molecule has 0 aromatic heterocycles. The highest BCUT2D eigenvalue weighted by atomic mass is 16.7. The van der Waals surface area contributed by atoms with Gasteiger partial charge in [-0.05, 0) is 45.4 Å². The van der Waals surface area contributed by atoms with E-state index in [0.29, 0.717) is 0 Å². The molecule has 0 aromatic rings. The zero-order chi connectivity index (χ0) is 11.6. The standard InChI is InChI=1S/C14H26O2/c1-3-4-8-13(2)9-7-12-16-14-10-5-6-11-15-14/h8,14H,3-7,9-12H2,1-2H3/b13-8+. The lowest BCUT2D eigenvalue weighted by molar-refractivity contribution is -0.162. The molecular weight excluding hydrogens is 200 g/mol. The lowest BCUT2D eigenvalue weighted by Crippen LogP contribution is -2.22. The number of allylic oxidation sites excluding steroid dienone is 2. The van der Waals surface area contributed by atoms with E-state index in [2.05, 4.69) is 19.9 Å². The Balaban J connectivity index is 1.98. The highest BCUT2D eigenvalue weighted by Crippen LogP contribution is 2.14. The SMILES string of the molecule is CCC/C=C(\C)CCCOC1CCCCO1. The molecule has 0 N–H and O–H groups in total. The predicted molar refractivity (Wildman–Crippen MR) is 67.4 cm³/mol. The van der Waals surface area contributed by atoms with Crippen LogP contribution in [0.15, 0.2) is 11.6 Å². The second kappa shape index (κ2) is 8.77. The molecule has 0 radical (unpaired) electrons. The minimum absolute atomic E-state index is 0.0775. The summed E-state index contributed by atoms with van der Waals surface area (Å²) >= 11 is 0. The Labute approximate surface area is 100 Å². The van der Waals surface area contributed by atoms with Crippen molar-refractivity contribution < 1.29 is 9.47 Å². The molecule has 94 valence electrons. The molecule has 1 saturated heterocycles. The molecule has 0 spiro atoms. The molecule has 1 fully saturated rings. The smallest absolute Gasteiger partial charge is 0.157 e. The average Bonchev–Trinajstić information content (AvgIpc) is 2.33. The zero-order valence-electron chi connectivity index (χ0n) is 10.8. The van der Waals surface area contributed by atoms with E-state index >= 15 is 0 Å². The maximum Gasteiger partial charge on any atom is 0.157 e. The third kappa shape index (κ3) is 6.29. The number of hydrogen-bond acceptors (Lipinski definition) is 2. The van der Waals surface area contributed by atoms with Crippen LogP contribution in [-0.2, 0) is 9.47 Å². The van der Waals surface area contributed by atoms with Crippen LogP contribution in [0.4, 0.5) is 0 Å². The van der Waals surface area contributed by atoms with Crippen LogP contribution in [0.1, 0.15) is 58.8 Å². The summed E-state index contributed by atoms with van der Waals surface area (Å²) in [6.45, 7) is 6.14. The Hall–Kier alpha value is -0.340. The van der Waals surface area contributed by atoms with Gasteiger partial charge in [-0.2, -0.15) is 0 Å². The first kappa shape index (κ1) is 13.7. The summed E-state index contributed by atoms with van der Waals surface area (Å²) in [7, 11) is 0. The third-order valence-corrected chi connectivity index (χ3v) is 2.94. The normalized spacial score (nSPS) is 22.4. The van der Waals surface area contributed by atoms with Crippen molar-refractivity contribution in [3.63, 3.8) is 0 Å². The predicted octanol–water partition coefficient (Wildman–Crippen LogP) is 4.06. The van der Waals surface area contributed by atoms with E-state index in [1.807, 2.05) is 0 Å². The summed E-state index contributed by atoms with van der Waals surface area (Å²) in [4.78, 5) is 0. The van der Waals surface area contributed by atoms with Gasteiger partial charge in [-0.25, -0.2) is 0 Å². The monoisotopic (exact) mass is 226 g/mol. The highest BCUT2D eigenvalue weighted by molar-refractivity contribution is 4.97. The van der Waals surface area contributed by atoms with Gasteiger partial charge in [-0.3, -0.25) is 0 Å². The quantitative estimate of drug-likeness (QED) is 0.481. The molecule has 0 aliphatic carbocycles. The van der Waals surface area contributed by atoms with Crippen molar-refractivity contribution >= 4 is 0 Å². The van der Waals surface area contributed by atoms with E-state index in [4.69, 9.17) is 9.47 Å². The molecule has 0 saturated carbocycles. The molecule has 1 heterocycles. The summed E-state index contributed by atoms with van der Waals surface area (Å²) in [5.74, 6) is 0. The minimum atomic E-state index is 0.0775. The summed E-state index contributed by atoms with van der Waals surface area (Å²) in [5.41, 5.74) is 1.50. The van der Waals surface area contributed by atoms with Crippen molar-refractivity contribution in [2.45, 2.75) is 65.1 Å². The van der Waals surface area contributed by atoms with E-state index in [1.165, 1.54) is 31.3 Å². The lowest BCUT2D eigenvalue weighted by Gasteiger charge is -2.22. The Morgan fingerprint density at radius 3 is 3.00 bits per heavy atom. The van der Waals surface area contributed by atoms with E-state index < -0.39 is 0 Å². The van der Waals surface area contributed by atoms with Gasteiger partial charge in [-0.15, -0.1) is 0 Å². The molecule has 1 aliphatic heterocycles. The van der Waals surface area contributed by atoms with Crippen LogP contribution in [0.5, 0.6) is 0 Å². The van der Waals surface area contributed by atoms with Crippen molar-refractivity contribution in [2.24, 2.45) is 0 Å². The fraction of sp³-hybridized carbons (Fsp3) is 0.857. The zero-order valence-corrected chi connectivity index (χ0v) is 10.8. The summed E-state index contributed by atoms with van der Waals surface area (Å²) in [6.07, 6.45) is 10.7. The van der Waals surface area contributed by atoms with E-state index in [0.717, 1.165) is 32.5 Å². The van der Waals surface area contributed by atoms with Crippen LogP contribution in [0.2, 0.25) is 0 Å². The van der Waals surface area contributed by atoms with Crippen LogP contribution >= 0.6 is 0 Å². The molecular formula is C14H26O2. The maximum atomic E-state index is 5.69. The van der Waals surface area contributed by atoms with Crippen LogP contribution < -0.4 is 0 Å². The van der Waals surface area contributed by atoms with Crippen molar-refractivity contribution in [3.05, 3.63) is 11.6 Å². The molecule has 0 amide bonds. The molecule has 0 bridgehead atoms. The van der Waals surface area contributed by atoms with E-state index in [1.54, 1.807) is 0 Å². The van der Waals surface area contributed by atoms with Gasteiger partial charge in [0.1, 0.15) is 0 Å². The summed E-state index contributed by atoms with van der Waals surface area (Å²) < 4.78 is 11.2. The third-order valence-electron chi connectivity index (χ3n) is 2.94. The molecule has 2 heteroatoms. The van der Waals surface area contributed by atoms with E-state index in [-0.39, 0.29) is 6.29 Å². The Bertz CT molecular complexity index is 193. The van der Waals surface area contributed by atoms with Crippen molar-refractivity contribution in [1.29, 1.82) is 0 Å². The van der Waals surface area contributed by atoms with Crippen molar-refractivity contribution in [1.82, 2.24) is 0 Å². The van der Waals surface area contributed by atoms with Gasteiger partial charge in [0.05, 0.1) is 6.61 Å². The first-order chi connectivity index (χ1) is 7.83. The largest absolute Gasteiger partial charge is 0.353 e. The second-order valence-corrected chi connectivity index (χ2v) is 4.61. The highest BCUT2D eigenvalue weighted by Gasteiger charge is 2.13. The lowest BCUT2D eigenvalue weighted by atomic mass is 10.1. The van der Waals surface area contributed by atoms with Gasteiger partial charge in [0.25, 0.3) is 0 Å². The summed E-state index contributed by atoms with van der Waals surface area (Å²) in [6, 6.07) is 0. The molecule has 1 unspecified atom stereocenters. The Morgan fingerprint density at radius 1 is 1.44 bits per heavy atom. The van der Waals surface area contributed by atoms with Gasteiger partial charge in [0.15, 0.2) is 6.29 Å². The van der Waals surface area contributed by atoms with Gasteiger partial charge in [0.2, 0.25) is 0 Å². The number of ether oxygens (including phenoxy) is 2. The van der Waals surface area contributed by atoms with E-state index in [9.17, 15) is 0 Å². The Morgan fingerprint density at radius 2 is 2.31 bits per heavy atom. The van der Waals surface area contributed by atoms with Crippen LogP contribution in [0.25, 0.3) is 0 Å². The molecule has 16 heavy (non-hydrogen) atoms. The second-order valence-electron chi connectivity index (χ2n) is 4.61. The fourth-order valence-electron chi connectivity index (χ4n) is 1.90. The van der Waals surface area contributed by atoms with Crippen molar-refractivity contribution in [2.75, 3.05) is 13.2 Å². The average molecular weight is 226 g/mol. The molecule has 0 aromatic carbocycles. The van der Waals surface area contributed by atoms with Gasteiger partial charge >= 0.3 is 0 Å². The fourth-order valence-corrected chi connectivity index (χ4v) is 1.90. The van der Waals surface area contributed by atoms with Crippen LogP contribution in [0.3, 0.4) is 0 Å². The summed E-state index contributed by atoms with van der Waals surface area (Å²) in [5, 5.41) is 0. The van der Waals surface area contributed by atoms with Crippen LogP contribution in [-0.4, -0.2) is 19.5 Å². The molecule has 2 nitrogen and oxygen atoms in total. The molecule has 1 aliphatic rings. The topological polar surface area (TPSA) is 18.5 Å². The van der Waals surface area contributed by atoms with Crippen molar-refractivity contribution in [3.8, 4) is 0 Å². The minimum Gasteiger partial charge on any atom is -0.353 e. The van der Waals surface area contributed by atoms with Gasteiger partial charge < -0.3 is 9.47 Å². The molecule has 1 atom stereocenters. The Kier molecular flexibility index (Phi) is 7.52. The maximum absolute atomic E-state index is 5.69. The molecule has 1 rings (SSSR count). The number of unbranched alkanes of at least 4 members (excludes halogenated alkanes) is 1. The number of hydrogen-bond donors (Lipinski definition) is 0. The first-order valence-corrected chi connectivity index (χ1v) is 6.71. The number of rotatable bonds is 7. The van der Waals surface area contributed by atoms with Gasteiger partial charge in [0, 0.05) is 6.61 Å². The van der Waals surface area contributed by atoms with Crippen LogP contribution in [0, 0.1) is 0 Å². The first-order valence-electron chi connectivity index (χ1n) is 6.71. The van der Waals surface area contributed by atoms with Gasteiger partial charge in [-0.1, -0.05) is 25.0 Å².